The Hall–Kier alpha value is -2.13. The number of amidine groups is 1. The molecule has 0 saturated carbocycles. The molecule has 2 aromatic carbocycles. The molecule has 132 valence electrons. The monoisotopic (exact) mass is 448 g/mol. The molecule has 1 aliphatic rings. The third kappa shape index (κ3) is 3.41. The Bertz CT molecular complexity index is 1030. The van der Waals surface area contributed by atoms with Crippen molar-refractivity contribution in [2.24, 2.45) is 5.10 Å². The van der Waals surface area contributed by atoms with Gasteiger partial charge in [-0.15, -0.1) is 10.6 Å². The van der Waals surface area contributed by atoms with Crippen LogP contribution >= 0.6 is 39.7 Å². The number of hydrazine groups is 2. The second-order valence-corrected chi connectivity index (χ2v) is 7.41. The van der Waals surface area contributed by atoms with Gasteiger partial charge in [-0.1, -0.05) is 64.0 Å². The molecule has 0 saturated heterocycles. The first-order chi connectivity index (χ1) is 12.6. The van der Waals surface area contributed by atoms with Gasteiger partial charge >= 0.3 is 0 Å². The fourth-order valence-electron chi connectivity index (χ4n) is 2.67. The maximum absolute atomic E-state index is 6.29. The van der Waals surface area contributed by atoms with E-state index >= 15 is 0 Å². The summed E-state index contributed by atoms with van der Waals surface area (Å²) in [6, 6.07) is 17.5. The summed E-state index contributed by atoms with van der Waals surface area (Å²) in [5.41, 5.74) is 8.54. The lowest BCUT2D eigenvalue weighted by Gasteiger charge is -2.18. The molecule has 0 aliphatic carbocycles. The molecule has 3 aromatic rings. The number of para-hydroxylation sites is 1. The molecule has 0 radical (unpaired) electrons. The van der Waals surface area contributed by atoms with E-state index < -0.39 is 0 Å². The maximum Gasteiger partial charge on any atom is 0.191 e. The topological polar surface area (TPSA) is 60.4 Å². The number of H-pyrrole nitrogens is 1. The van der Waals surface area contributed by atoms with Gasteiger partial charge in [0.25, 0.3) is 0 Å². The zero-order valence-electron chi connectivity index (χ0n) is 13.4. The molecular weight excluding hydrogens is 436 g/mol. The first-order valence-electron chi connectivity index (χ1n) is 7.79. The Morgan fingerprint density at radius 2 is 1.88 bits per heavy atom. The Labute approximate surface area is 168 Å². The van der Waals surface area contributed by atoms with E-state index in [9.17, 15) is 0 Å². The van der Waals surface area contributed by atoms with Gasteiger partial charge in [-0.25, -0.2) is 10.2 Å². The molecule has 2 heterocycles. The molecule has 1 aromatic heterocycles. The summed E-state index contributed by atoms with van der Waals surface area (Å²) in [7, 11) is 0. The van der Waals surface area contributed by atoms with Crippen molar-refractivity contribution in [1.82, 2.24) is 25.9 Å². The predicted octanol–water partition coefficient (Wildman–Crippen LogP) is 4.14. The predicted molar refractivity (Wildman–Crippen MR) is 108 cm³/mol. The van der Waals surface area contributed by atoms with Gasteiger partial charge in [0.15, 0.2) is 5.84 Å². The quantitative estimate of drug-likeness (QED) is 0.524. The molecular formula is C17H14BrClN6S. The Morgan fingerprint density at radius 3 is 2.65 bits per heavy atom. The Morgan fingerprint density at radius 1 is 1.12 bits per heavy atom. The molecule has 26 heavy (non-hydrogen) atoms. The van der Waals surface area contributed by atoms with E-state index in [1.165, 1.54) is 0 Å². The first-order valence-corrected chi connectivity index (χ1v) is 9.37. The number of nitrogens with zero attached hydrogens (tertiary/aromatic N) is 3. The summed E-state index contributed by atoms with van der Waals surface area (Å²) in [5.74, 6) is 0.713. The summed E-state index contributed by atoms with van der Waals surface area (Å²) in [6.45, 7) is 0.636. The molecule has 0 fully saturated rings. The highest BCUT2D eigenvalue weighted by atomic mass is 79.9. The molecule has 0 bridgehead atoms. The molecule has 6 nitrogen and oxygen atoms in total. The highest BCUT2D eigenvalue weighted by Gasteiger charge is 2.21. The second-order valence-electron chi connectivity index (χ2n) is 5.67. The minimum atomic E-state index is 0.617. The van der Waals surface area contributed by atoms with Crippen molar-refractivity contribution in [3.8, 4) is 5.69 Å². The van der Waals surface area contributed by atoms with Crippen LogP contribution in [0.2, 0.25) is 5.02 Å². The normalized spacial score (nSPS) is 13.6. The van der Waals surface area contributed by atoms with Gasteiger partial charge in [-0.3, -0.25) is 10.1 Å². The highest BCUT2D eigenvalue weighted by Crippen LogP contribution is 2.21. The van der Waals surface area contributed by atoms with Crippen molar-refractivity contribution < 1.29 is 0 Å². The number of benzene rings is 2. The van der Waals surface area contributed by atoms with Gasteiger partial charge in [0.1, 0.15) is 10.3 Å². The van der Waals surface area contributed by atoms with Crippen LogP contribution in [0.4, 0.5) is 0 Å². The minimum absolute atomic E-state index is 0.617. The van der Waals surface area contributed by atoms with Crippen LogP contribution in [0.25, 0.3) is 5.69 Å². The Balaban J connectivity index is 1.63. The van der Waals surface area contributed by atoms with Gasteiger partial charge in [0.2, 0.25) is 0 Å². The van der Waals surface area contributed by atoms with Crippen LogP contribution in [0, 0.1) is 4.64 Å². The maximum atomic E-state index is 6.29. The largest absolute Gasteiger partial charge is 0.289 e. The second kappa shape index (κ2) is 7.24. The van der Waals surface area contributed by atoms with Crippen LogP contribution in [0.5, 0.6) is 0 Å². The lowest BCUT2D eigenvalue weighted by atomic mass is 10.2. The van der Waals surface area contributed by atoms with E-state index in [2.05, 4.69) is 49.3 Å². The third-order valence-electron chi connectivity index (χ3n) is 3.91. The van der Waals surface area contributed by atoms with E-state index in [1.54, 1.807) is 4.68 Å². The third-order valence-corrected chi connectivity index (χ3v) is 5.06. The molecule has 9 heteroatoms. The zero-order valence-corrected chi connectivity index (χ0v) is 16.6. The first kappa shape index (κ1) is 17.3. The number of hydrogen-bond acceptors (Lipinski definition) is 5. The molecule has 0 unspecified atom stereocenters. The standard InChI is InChI=1S/C17H14BrClN6S/c18-12-7-5-11(6-8-12)10-24-17(20-22-23-24)14-9-16(26)25(21-14)15-4-2-1-3-13(15)19/h1-9,21-23H,10H2. The highest BCUT2D eigenvalue weighted by molar-refractivity contribution is 9.10. The SMILES string of the molecule is S=c1cc(C2=NNNN2Cc2ccc(Br)cc2)[nH]n1-c1ccccc1Cl. The Kier molecular flexibility index (Phi) is 4.82. The van der Waals surface area contributed by atoms with E-state index in [-0.39, 0.29) is 0 Å². The van der Waals surface area contributed by atoms with Crippen molar-refractivity contribution in [2.45, 2.75) is 6.54 Å². The minimum Gasteiger partial charge on any atom is -0.289 e. The van der Waals surface area contributed by atoms with Crippen LogP contribution in [-0.2, 0) is 6.54 Å². The van der Waals surface area contributed by atoms with Crippen molar-refractivity contribution in [1.29, 1.82) is 0 Å². The molecule has 0 atom stereocenters. The van der Waals surface area contributed by atoms with Crippen LogP contribution in [0.15, 0.2) is 64.2 Å². The fraction of sp³-hybridized carbons (Fsp3) is 0.0588. The molecule has 0 spiro atoms. The summed E-state index contributed by atoms with van der Waals surface area (Å²) < 4.78 is 3.43. The average molecular weight is 450 g/mol. The molecule has 1 aliphatic heterocycles. The van der Waals surface area contributed by atoms with Crippen LogP contribution in [0.1, 0.15) is 11.3 Å². The zero-order chi connectivity index (χ0) is 18.1. The van der Waals surface area contributed by atoms with Crippen molar-refractivity contribution in [2.75, 3.05) is 0 Å². The van der Waals surface area contributed by atoms with E-state index in [1.807, 2.05) is 47.5 Å². The van der Waals surface area contributed by atoms with Gasteiger partial charge < -0.3 is 0 Å². The summed E-state index contributed by atoms with van der Waals surface area (Å²) in [4.78, 5) is 0. The van der Waals surface area contributed by atoms with E-state index in [0.29, 0.717) is 22.0 Å². The van der Waals surface area contributed by atoms with Gasteiger partial charge in [0.05, 0.1) is 17.3 Å². The number of hydrazone groups is 1. The average Bonchev–Trinajstić information content (AvgIpc) is 3.24. The van der Waals surface area contributed by atoms with Gasteiger partial charge in [-0.2, -0.15) is 0 Å². The lowest BCUT2D eigenvalue weighted by molar-refractivity contribution is 0.287. The fourth-order valence-corrected chi connectivity index (χ4v) is 3.41. The lowest BCUT2D eigenvalue weighted by Crippen LogP contribution is -2.40. The number of aromatic amines is 1. The molecule has 0 amide bonds. The van der Waals surface area contributed by atoms with E-state index in [0.717, 1.165) is 21.4 Å². The smallest absolute Gasteiger partial charge is 0.191 e. The number of halogens is 2. The number of aromatic nitrogens is 2. The van der Waals surface area contributed by atoms with E-state index in [4.69, 9.17) is 23.8 Å². The summed E-state index contributed by atoms with van der Waals surface area (Å²) in [6.07, 6.45) is 0. The van der Waals surface area contributed by atoms with Crippen LogP contribution < -0.4 is 11.1 Å². The molecule has 3 N–H and O–H groups in total. The summed E-state index contributed by atoms with van der Waals surface area (Å²) >= 11 is 15.2. The number of nitrogens with one attached hydrogen (secondary N) is 3. The van der Waals surface area contributed by atoms with Crippen molar-refractivity contribution in [3.63, 3.8) is 0 Å². The molecule has 4 rings (SSSR count). The van der Waals surface area contributed by atoms with Gasteiger partial charge in [0, 0.05) is 10.5 Å². The number of hydrogen-bond donors (Lipinski definition) is 3. The van der Waals surface area contributed by atoms with Crippen molar-refractivity contribution >= 4 is 45.6 Å². The van der Waals surface area contributed by atoms with Gasteiger partial charge in [-0.05, 0) is 29.8 Å². The number of rotatable bonds is 4. The van der Waals surface area contributed by atoms with Crippen LogP contribution in [0.3, 0.4) is 0 Å². The van der Waals surface area contributed by atoms with Crippen molar-refractivity contribution in [3.05, 3.63) is 80.0 Å². The van der Waals surface area contributed by atoms with Crippen LogP contribution in [-0.4, -0.2) is 20.6 Å². The summed E-state index contributed by atoms with van der Waals surface area (Å²) in [5, 5.41) is 10.1.